The van der Waals surface area contributed by atoms with Crippen LogP contribution in [0.4, 0.5) is 0 Å². The van der Waals surface area contributed by atoms with Crippen LogP contribution in [0.2, 0.25) is 0 Å². The predicted molar refractivity (Wildman–Crippen MR) is 98.7 cm³/mol. The number of likely N-dealkylation sites (tertiary alicyclic amines) is 1. The number of hydrogen-bond donors (Lipinski definition) is 1. The van der Waals surface area contributed by atoms with E-state index in [1.807, 2.05) is 35.0 Å². The molecule has 3 heterocycles. The van der Waals surface area contributed by atoms with E-state index in [-0.39, 0.29) is 17.6 Å². The number of amides is 1. The summed E-state index contributed by atoms with van der Waals surface area (Å²) in [4.78, 5) is 18.0. The fourth-order valence-corrected chi connectivity index (χ4v) is 4.12. The van der Waals surface area contributed by atoms with Gasteiger partial charge in [-0.1, -0.05) is 18.2 Å². The van der Waals surface area contributed by atoms with Gasteiger partial charge in [0.2, 0.25) is 5.91 Å². The number of carbonyl (C=O) groups excluding carboxylic acids is 1. The van der Waals surface area contributed by atoms with Gasteiger partial charge in [0.25, 0.3) is 0 Å². The van der Waals surface area contributed by atoms with Gasteiger partial charge >= 0.3 is 0 Å². The molecular formula is C20H26N4O2. The van der Waals surface area contributed by atoms with Crippen LogP contribution in [0.1, 0.15) is 43.6 Å². The van der Waals surface area contributed by atoms with Gasteiger partial charge < -0.3 is 19.5 Å². The average Bonchev–Trinajstić information content (AvgIpc) is 3.05. The first-order valence-corrected chi connectivity index (χ1v) is 9.29. The molecule has 0 saturated carbocycles. The van der Waals surface area contributed by atoms with Crippen molar-refractivity contribution < 1.29 is 9.53 Å². The Bertz CT molecular complexity index is 793. The Hall–Kier alpha value is -2.34. The number of piperidine rings is 1. The fourth-order valence-electron chi connectivity index (χ4n) is 4.12. The number of para-hydroxylation sites is 1. The molecule has 1 fully saturated rings. The summed E-state index contributed by atoms with van der Waals surface area (Å²) < 4.78 is 8.52. The van der Waals surface area contributed by atoms with Crippen LogP contribution in [-0.4, -0.2) is 39.0 Å². The van der Waals surface area contributed by atoms with E-state index in [0.717, 1.165) is 50.5 Å². The lowest BCUT2D eigenvalue weighted by molar-refractivity contribution is -0.133. The minimum Gasteiger partial charge on any atom is -0.487 e. The second kappa shape index (κ2) is 6.76. The molecule has 0 radical (unpaired) electrons. The van der Waals surface area contributed by atoms with Gasteiger partial charge in [-0.3, -0.25) is 4.79 Å². The topological polar surface area (TPSA) is 59.4 Å². The quantitative estimate of drug-likeness (QED) is 0.920. The molecule has 1 atom stereocenters. The SMILES string of the molecule is CC(=O)N1CCC2(CC1)CC(NCc1nccn1C)c1ccccc1O2. The summed E-state index contributed by atoms with van der Waals surface area (Å²) in [6.07, 6.45) is 6.46. The average molecular weight is 354 g/mol. The normalized spacial score (nSPS) is 21.3. The first kappa shape index (κ1) is 17.1. The van der Waals surface area contributed by atoms with Crippen molar-refractivity contribution in [2.24, 2.45) is 7.05 Å². The van der Waals surface area contributed by atoms with Crippen LogP contribution in [0.15, 0.2) is 36.7 Å². The Labute approximate surface area is 154 Å². The number of aryl methyl sites for hydroxylation is 1. The third kappa shape index (κ3) is 3.21. The molecule has 6 nitrogen and oxygen atoms in total. The number of aromatic nitrogens is 2. The lowest BCUT2D eigenvalue weighted by Crippen LogP contribution is -2.52. The number of rotatable bonds is 3. The Balaban J connectivity index is 1.54. The summed E-state index contributed by atoms with van der Waals surface area (Å²) in [7, 11) is 2.01. The lowest BCUT2D eigenvalue weighted by atomic mass is 9.80. The number of carbonyl (C=O) groups is 1. The number of nitrogens with zero attached hydrogens (tertiary/aromatic N) is 3. The molecule has 1 aromatic carbocycles. The van der Waals surface area contributed by atoms with Gasteiger partial charge in [-0.05, 0) is 6.07 Å². The van der Waals surface area contributed by atoms with E-state index in [1.54, 1.807) is 6.92 Å². The Morgan fingerprint density at radius 3 is 2.81 bits per heavy atom. The molecule has 1 aromatic heterocycles. The number of nitrogens with one attached hydrogen (secondary N) is 1. The van der Waals surface area contributed by atoms with Crippen molar-refractivity contribution in [3.05, 3.63) is 48.0 Å². The van der Waals surface area contributed by atoms with Crippen LogP contribution in [-0.2, 0) is 18.4 Å². The molecule has 1 spiro atoms. The second-order valence-electron chi connectivity index (χ2n) is 7.42. The van der Waals surface area contributed by atoms with E-state index in [0.29, 0.717) is 0 Å². The summed E-state index contributed by atoms with van der Waals surface area (Å²) in [5.74, 6) is 2.14. The highest BCUT2D eigenvalue weighted by molar-refractivity contribution is 5.73. The lowest BCUT2D eigenvalue weighted by Gasteiger charge is -2.47. The monoisotopic (exact) mass is 354 g/mol. The van der Waals surface area contributed by atoms with Crippen LogP contribution >= 0.6 is 0 Å². The first-order chi connectivity index (χ1) is 12.6. The molecule has 2 aromatic rings. The van der Waals surface area contributed by atoms with Gasteiger partial charge in [0.05, 0.1) is 6.54 Å². The van der Waals surface area contributed by atoms with E-state index in [1.165, 1.54) is 5.56 Å². The van der Waals surface area contributed by atoms with Crippen molar-refractivity contribution in [1.29, 1.82) is 0 Å². The molecule has 4 rings (SSSR count). The van der Waals surface area contributed by atoms with Crippen LogP contribution < -0.4 is 10.1 Å². The maximum absolute atomic E-state index is 11.7. The number of benzene rings is 1. The molecular weight excluding hydrogens is 328 g/mol. The standard InChI is InChI=1S/C20H26N4O2/c1-15(25)24-10-7-20(8-11-24)13-17(16-5-3-4-6-18(16)26-20)22-14-19-21-9-12-23(19)2/h3-6,9,12,17,22H,7-8,10-11,13-14H2,1-2H3. The Morgan fingerprint density at radius 1 is 1.35 bits per heavy atom. The molecule has 2 aliphatic heterocycles. The molecule has 1 N–H and O–H groups in total. The van der Waals surface area contributed by atoms with E-state index in [4.69, 9.17) is 4.74 Å². The maximum Gasteiger partial charge on any atom is 0.219 e. The maximum atomic E-state index is 11.7. The summed E-state index contributed by atoms with van der Waals surface area (Å²) in [6.45, 7) is 3.90. The Morgan fingerprint density at radius 2 is 2.12 bits per heavy atom. The number of imidazole rings is 1. The minimum absolute atomic E-state index is 0.153. The van der Waals surface area contributed by atoms with Crippen molar-refractivity contribution in [2.75, 3.05) is 13.1 Å². The summed E-state index contributed by atoms with van der Waals surface area (Å²) in [5.41, 5.74) is 1.01. The fraction of sp³-hybridized carbons (Fsp3) is 0.500. The number of hydrogen-bond acceptors (Lipinski definition) is 4. The van der Waals surface area contributed by atoms with E-state index in [9.17, 15) is 4.79 Å². The van der Waals surface area contributed by atoms with Crippen LogP contribution in [0.25, 0.3) is 0 Å². The second-order valence-corrected chi connectivity index (χ2v) is 7.42. The molecule has 0 bridgehead atoms. The predicted octanol–water partition coefficient (Wildman–Crippen LogP) is 2.41. The van der Waals surface area contributed by atoms with E-state index in [2.05, 4.69) is 28.5 Å². The molecule has 6 heteroatoms. The summed E-state index contributed by atoms with van der Waals surface area (Å²) in [5, 5.41) is 3.68. The number of fused-ring (bicyclic) bond motifs is 1. The van der Waals surface area contributed by atoms with E-state index >= 15 is 0 Å². The van der Waals surface area contributed by atoms with Crippen LogP contribution in [0, 0.1) is 0 Å². The van der Waals surface area contributed by atoms with Gasteiger partial charge in [-0.15, -0.1) is 0 Å². The van der Waals surface area contributed by atoms with Gasteiger partial charge in [0.1, 0.15) is 17.2 Å². The molecule has 1 saturated heterocycles. The zero-order chi connectivity index (χ0) is 18.1. The van der Waals surface area contributed by atoms with Crippen molar-refractivity contribution in [2.45, 2.75) is 44.4 Å². The van der Waals surface area contributed by atoms with Crippen LogP contribution in [0.3, 0.4) is 0 Å². The molecule has 138 valence electrons. The van der Waals surface area contributed by atoms with E-state index < -0.39 is 0 Å². The van der Waals surface area contributed by atoms with Crippen molar-refractivity contribution >= 4 is 5.91 Å². The highest BCUT2D eigenvalue weighted by Crippen LogP contribution is 2.44. The third-order valence-electron chi connectivity index (χ3n) is 5.74. The summed E-state index contributed by atoms with van der Waals surface area (Å²) in [6, 6.07) is 8.51. The molecule has 1 amide bonds. The van der Waals surface area contributed by atoms with Crippen LogP contribution in [0.5, 0.6) is 5.75 Å². The largest absolute Gasteiger partial charge is 0.487 e. The minimum atomic E-state index is -0.195. The van der Waals surface area contributed by atoms with Gasteiger partial charge in [-0.25, -0.2) is 4.98 Å². The molecule has 26 heavy (non-hydrogen) atoms. The highest BCUT2D eigenvalue weighted by Gasteiger charge is 2.43. The zero-order valence-electron chi connectivity index (χ0n) is 15.4. The van der Waals surface area contributed by atoms with Crippen molar-refractivity contribution in [3.63, 3.8) is 0 Å². The Kier molecular flexibility index (Phi) is 4.44. The highest BCUT2D eigenvalue weighted by atomic mass is 16.5. The first-order valence-electron chi connectivity index (χ1n) is 9.29. The van der Waals surface area contributed by atoms with Crippen molar-refractivity contribution in [1.82, 2.24) is 19.8 Å². The van der Waals surface area contributed by atoms with Gasteiger partial charge in [-0.2, -0.15) is 0 Å². The number of ether oxygens (including phenoxy) is 1. The van der Waals surface area contributed by atoms with Crippen molar-refractivity contribution in [3.8, 4) is 5.75 Å². The van der Waals surface area contributed by atoms with Gasteiger partial charge in [0.15, 0.2) is 0 Å². The third-order valence-corrected chi connectivity index (χ3v) is 5.74. The summed E-state index contributed by atoms with van der Waals surface area (Å²) >= 11 is 0. The molecule has 0 aliphatic carbocycles. The smallest absolute Gasteiger partial charge is 0.219 e. The van der Waals surface area contributed by atoms with Gasteiger partial charge in [0, 0.05) is 70.3 Å². The molecule has 1 unspecified atom stereocenters. The zero-order valence-corrected chi connectivity index (χ0v) is 15.4. The molecule has 2 aliphatic rings.